The fraction of sp³-hybridized carbons (Fsp3) is 0.625. The first-order valence-corrected chi connectivity index (χ1v) is 6.14. The van der Waals surface area contributed by atoms with Gasteiger partial charge in [-0.05, 0) is 12.8 Å². The lowest BCUT2D eigenvalue weighted by atomic mass is 10.7. The second-order valence-corrected chi connectivity index (χ2v) is 5.77. The van der Waals surface area contributed by atoms with E-state index in [1.54, 1.807) is 14.1 Å². The first-order chi connectivity index (χ1) is 6.93. The largest absolute Gasteiger partial charge is 0.381 e. The highest BCUT2D eigenvalue weighted by molar-refractivity contribution is 7.89. The number of aromatic nitrogens is 2. The Morgan fingerprint density at radius 1 is 1.60 bits per heavy atom. The molecule has 0 saturated heterocycles. The zero-order valence-electron chi connectivity index (χ0n) is 8.71. The molecule has 0 bridgehead atoms. The van der Waals surface area contributed by atoms with Crippen LogP contribution in [0.5, 0.6) is 0 Å². The van der Waals surface area contributed by atoms with Crippen LogP contribution in [0.25, 0.3) is 0 Å². The fourth-order valence-electron chi connectivity index (χ4n) is 1.47. The molecule has 1 aliphatic rings. The van der Waals surface area contributed by atoms with Crippen molar-refractivity contribution in [2.24, 2.45) is 7.05 Å². The van der Waals surface area contributed by atoms with E-state index in [2.05, 4.69) is 5.10 Å². The molecule has 1 aromatic rings. The highest BCUT2D eigenvalue weighted by Gasteiger charge is 2.36. The summed E-state index contributed by atoms with van der Waals surface area (Å²) in [6, 6.07) is 0.134. The highest BCUT2D eigenvalue weighted by Crippen LogP contribution is 2.31. The van der Waals surface area contributed by atoms with Crippen LogP contribution in [0.4, 0.5) is 5.82 Å². The molecule has 0 atom stereocenters. The summed E-state index contributed by atoms with van der Waals surface area (Å²) in [7, 11) is -0.232. The molecule has 1 aromatic heterocycles. The predicted octanol–water partition coefficient (Wildman–Crippen LogP) is -0.215. The van der Waals surface area contributed by atoms with E-state index in [9.17, 15) is 8.42 Å². The van der Waals surface area contributed by atoms with Crippen LogP contribution in [-0.4, -0.2) is 35.6 Å². The van der Waals surface area contributed by atoms with Crippen molar-refractivity contribution in [1.29, 1.82) is 0 Å². The van der Waals surface area contributed by atoms with Gasteiger partial charge in [0.05, 0.1) is 0 Å². The van der Waals surface area contributed by atoms with Gasteiger partial charge in [-0.2, -0.15) is 9.40 Å². The SMILES string of the molecule is CN(C1CC1)S(=O)(=O)c1cn(C)nc1N. The van der Waals surface area contributed by atoms with Crippen molar-refractivity contribution in [2.45, 2.75) is 23.8 Å². The van der Waals surface area contributed by atoms with Crippen molar-refractivity contribution >= 4 is 15.8 Å². The predicted molar refractivity (Wildman–Crippen MR) is 55.6 cm³/mol. The first-order valence-electron chi connectivity index (χ1n) is 4.70. The Morgan fingerprint density at radius 2 is 2.20 bits per heavy atom. The topological polar surface area (TPSA) is 81.2 Å². The standard InChI is InChI=1S/C8H14N4O2S/c1-11-5-7(8(9)10-11)15(13,14)12(2)6-3-4-6/h5-6H,3-4H2,1-2H3,(H2,9,10). The molecule has 15 heavy (non-hydrogen) atoms. The third kappa shape index (κ3) is 1.72. The van der Waals surface area contributed by atoms with Gasteiger partial charge in [0.25, 0.3) is 0 Å². The third-order valence-electron chi connectivity index (χ3n) is 2.54. The Labute approximate surface area is 88.7 Å². The van der Waals surface area contributed by atoms with Gasteiger partial charge in [-0.1, -0.05) is 0 Å². The van der Waals surface area contributed by atoms with E-state index in [-0.39, 0.29) is 16.8 Å². The maximum atomic E-state index is 12.0. The van der Waals surface area contributed by atoms with Gasteiger partial charge in [0.2, 0.25) is 10.0 Å². The van der Waals surface area contributed by atoms with E-state index in [4.69, 9.17) is 5.73 Å². The molecular weight excluding hydrogens is 216 g/mol. The Kier molecular flexibility index (Phi) is 2.23. The summed E-state index contributed by atoms with van der Waals surface area (Å²) >= 11 is 0. The van der Waals surface area contributed by atoms with E-state index in [0.29, 0.717) is 0 Å². The molecule has 1 fully saturated rings. The van der Waals surface area contributed by atoms with Crippen LogP contribution in [0.2, 0.25) is 0 Å². The summed E-state index contributed by atoms with van der Waals surface area (Å²) in [5, 5.41) is 3.83. The molecule has 0 aliphatic heterocycles. The fourth-order valence-corrected chi connectivity index (χ4v) is 2.98. The van der Waals surface area contributed by atoms with Crippen molar-refractivity contribution in [2.75, 3.05) is 12.8 Å². The van der Waals surface area contributed by atoms with Crippen molar-refractivity contribution < 1.29 is 8.42 Å². The molecule has 0 unspecified atom stereocenters. The van der Waals surface area contributed by atoms with E-state index in [1.807, 2.05) is 0 Å². The molecule has 2 N–H and O–H groups in total. The number of aryl methyl sites for hydroxylation is 1. The number of nitrogens with zero attached hydrogens (tertiary/aromatic N) is 3. The Balaban J connectivity index is 2.40. The van der Waals surface area contributed by atoms with Crippen molar-refractivity contribution in [3.05, 3.63) is 6.20 Å². The van der Waals surface area contributed by atoms with Gasteiger partial charge in [0, 0.05) is 26.3 Å². The van der Waals surface area contributed by atoms with Gasteiger partial charge in [-0.25, -0.2) is 8.42 Å². The molecule has 0 amide bonds. The van der Waals surface area contributed by atoms with Crippen LogP contribution < -0.4 is 5.73 Å². The van der Waals surface area contributed by atoms with Crippen LogP contribution in [0.3, 0.4) is 0 Å². The first kappa shape index (κ1) is 10.4. The molecular formula is C8H14N4O2S. The molecule has 0 spiro atoms. The maximum Gasteiger partial charge on any atom is 0.248 e. The molecule has 0 aromatic carbocycles. The highest BCUT2D eigenvalue weighted by atomic mass is 32.2. The summed E-state index contributed by atoms with van der Waals surface area (Å²) in [5.74, 6) is 0.0602. The summed E-state index contributed by atoms with van der Waals surface area (Å²) in [4.78, 5) is 0.0967. The smallest absolute Gasteiger partial charge is 0.248 e. The third-order valence-corrected chi connectivity index (χ3v) is 4.47. The Morgan fingerprint density at radius 3 is 2.60 bits per heavy atom. The van der Waals surface area contributed by atoms with E-state index in [0.717, 1.165) is 12.8 Å². The normalized spacial score (nSPS) is 17.3. The molecule has 1 aliphatic carbocycles. The average molecular weight is 230 g/mol. The molecule has 0 radical (unpaired) electrons. The number of hydrogen-bond acceptors (Lipinski definition) is 4. The van der Waals surface area contributed by atoms with Crippen molar-refractivity contribution in [3.8, 4) is 0 Å². The summed E-state index contributed by atoms with van der Waals surface area (Å²) in [5.41, 5.74) is 5.55. The monoisotopic (exact) mass is 230 g/mol. The zero-order valence-corrected chi connectivity index (χ0v) is 9.53. The van der Waals surface area contributed by atoms with Gasteiger partial charge in [0.1, 0.15) is 4.90 Å². The van der Waals surface area contributed by atoms with E-state index < -0.39 is 10.0 Å². The number of sulfonamides is 1. The lowest BCUT2D eigenvalue weighted by Crippen LogP contribution is -2.29. The van der Waals surface area contributed by atoms with Crippen LogP contribution >= 0.6 is 0 Å². The molecule has 1 heterocycles. The van der Waals surface area contributed by atoms with Crippen LogP contribution in [-0.2, 0) is 17.1 Å². The van der Waals surface area contributed by atoms with Crippen LogP contribution in [0.15, 0.2) is 11.1 Å². The number of rotatable bonds is 3. The van der Waals surface area contributed by atoms with Gasteiger partial charge in [-0.15, -0.1) is 0 Å². The van der Waals surface area contributed by atoms with Gasteiger partial charge < -0.3 is 5.73 Å². The van der Waals surface area contributed by atoms with Crippen LogP contribution in [0, 0.1) is 0 Å². The Bertz CT molecular complexity index is 475. The summed E-state index contributed by atoms with van der Waals surface area (Å²) in [6.45, 7) is 0. The quantitative estimate of drug-likeness (QED) is 0.778. The molecule has 1 saturated carbocycles. The number of anilines is 1. The molecule has 7 heteroatoms. The van der Waals surface area contributed by atoms with Crippen molar-refractivity contribution in [1.82, 2.24) is 14.1 Å². The number of hydrogen-bond donors (Lipinski definition) is 1. The average Bonchev–Trinajstić information content (AvgIpc) is 2.91. The van der Waals surface area contributed by atoms with Gasteiger partial charge in [0.15, 0.2) is 5.82 Å². The lowest BCUT2D eigenvalue weighted by Gasteiger charge is -2.14. The summed E-state index contributed by atoms with van der Waals surface area (Å²) < 4.78 is 26.9. The second kappa shape index (κ2) is 3.21. The summed E-state index contributed by atoms with van der Waals surface area (Å²) in [6.07, 6.45) is 3.29. The number of nitrogens with two attached hydrogens (primary N) is 1. The Hall–Kier alpha value is -1.08. The molecule has 2 rings (SSSR count). The minimum atomic E-state index is -3.46. The molecule has 6 nitrogen and oxygen atoms in total. The van der Waals surface area contributed by atoms with E-state index >= 15 is 0 Å². The minimum Gasteiger partial charge on any atom is -0.381 e. The number of nitrogen functional groups attached to an aromatic ring is 1. The lowest BCUT2D eigenvalue weighted by molar-refractivity contribution is 0.464. The second-order valence-electron chi connectivity index (χ2n) is 3.80. The zero-order chi connectivity index (χ0) is 11.2. The maximum absolute atomic E-state index is 12.0. The van der Waals surface area contributed by atoms with E-state index in [1.165, 1.54) is 15.2 Å². The molecule has 84 valence electrons. The van der Waals surface area contributed by atoms with Gasteiger partial charge in [-0.3, -0.25) is 4.68 Å². The van der Waals surface area contributed by atoms with Crippen molar-refractivity contribution in [3.63, 3.8) is 0 Å². The van der Waals surface area contributed by atoms with Gasteiger partial charge >= 0.3 is 0 Å². The van der Waals surface area contributed by atoms with Crippen LogP contribution in [0.1, 0.15) is 12.8 Å². The minimum absolute atomic E-state index is 0.0602.